The molecule has 0 spiro atoms. The number of ether oxygens (including phenoxy) is 2. The number of ketones is 1. The number of Topliss-reactive ketones (excluding diaryl/α,β-unsaturated/α-hetero) is 1. The van der Waals surface area contributed by atoms with E-state index in [9.17, 15) is 9.59 Å². The number of carbonyl (C=O) groups is 2. The molecule has 0 radical (unpaired) electrons. The third-order valence-electron chi connectivity index (χ3n) is 4.45. The Balaban J connectivity index is 1.81. The first-order valence-electron chi connectivity index (χ1n) is 8.78. The van der Waals surface area contributed by atoms with Crippen LogP contribution in [0.15, 0.2) is 53.8 Å². The number of esters is 1. The van der Waals surface area contributed by atoms with Gasteiger partial charge in [0.1, 0.15) is 5.76 Å². The highest BCUT2D eigenvalue weighted by Crippen LogP contribution is 2.31. The predicted octanol–water partition coefficient (Wildman–Crippen LogP) is 4.01. The standard InChI is InChI=1S/C21H26O4/c1-4-24-19-11-10-18(20(22)16(19)3)14-15(2)21(23)25-13-12-17-8-6-5-7-9-17/h5-9,18H,2,4,10-14H2,1,3H3. The van der Waals surface area contributed by atoms with Crippen LogP contribution >= 0.6 is 0 Å². The topological polar surface area (TPSA) is 52.6 Å². The molecule has 1 aliphatic carbocycles. The van der Waals surface area contributed by atoms with Crippen LogP contribution in [0, 0.1) is 5.92 Å². The summed E-state index contributed by atoms with van der Waals surface area (Å²) in [4.78, 5) is 24.5. The van der Waals surface area contributed by atoms with Gasteiger partial charge in [-0.3, -0.25) is 4.79 Å². The summed E-state index contributed by atoms with van der Waals surface area (Å²) in [6.45, 7) is 8.39. The summed E-state index contributed by atoms with van der Waals surface area (Å²) < 4.78 is 10.8. The molecule has 4 nitrogen and oxygen atoms in total. The lowest BCUT2D eigenvalue weighted by Gasteiger charge is -2.24. The third-order valence-corrected chi connectivity index (χ3v) is 4.45. The van der Waals surface area contributed by atoms with Crippen LogP contribution in [0.25, 0.3) is 0 Å². The van der Waals surface area contributed by atoms with Gasteiger partial charge >= 0.3 is 5.97 Å². The highest BCUT2D eigenvalue weighted by Gasteiger charge is 2.29. The second-order valence-electron chi connectivity index (χ2n) is 6.26. The fraction of sp³-hybridized carbons (Fsp3) is 0.429. The van der Waals surface area contributed by atoms with E-state index in [1.165, 1.54) is 0 Å². The molecule has 2 rings (SSSR count). The average Bonchev–Trinajstić information content (AvgIpc) is 2.62. The molecule has 1 aromatic carbocycles. The van der Waals surface area contributed by atoms with Gasteiger partial charge in [-0.1, -0.05) is 36.9 Å². The van der Waals surface area contributed by atoms with E-state index >= 15 is 0 Å². The molecular formula is C21H26O4. The minimum absolute atomic E-state index is 0.0490. The van der Waals surface area contributed by atoms with Crippen molar-refractivity contribution in [3.05, 3.63) is 59.4 Å². The number of hydrogen-bond donors (Lipinski definition) is 0. The second kappa shape index (κ2) is 9.21. The van der Waals surface area contributed by atoms with Gasteiger partial charge in [-0.15, -0.1) is 0 Å². The molecule has 0 saturated carbocycles. The zero-order chi connectivity index (χ0) is 18.2. The van der Waals surface area contributed by atoms with Crippen molar-refractivity contribution in [2.75, 3.05) is 13.2 Å². The van der Waals surface area contributed by atoms with E-state index in [1.807, 2.05) is 37.3 Å². The van der Waals surface area contributed by atoms with E-state index in [4.69, 9.17) is 9.47 Å². The predicted molar refractivity (Wildman–Crippen MR) is 96.9 cm³/mol. The monoisotopic (exact) mass is 342 g/mol. The van der Waals surface area contributed by atoms with E-state index in [2.05, 4.69) is 6.58 Å². The summed E-state index contributed by atoms with van der Waals surface area (Å²) in [5, 5.41) is 0. The quantitative estimate of drug-likeness (QED) is 0.529. The molecule has 1 atom stereocenters. The molecular weight excluding hydrogens is 316 g/mol. The summed E-state index contributed by atoms with van der Waals surface area (Å²) in [5.74, 6) is 0.201. The van der Waals surface area contributed by atoms with Gasteiger partial charge in [-0.2, -0.15) is 0 Å². The number of carbonyl (C=O) groups excluding carboxylic acids is 2. The van der Waals surface area contributed by atoms with E-state index in [-0.39, 0.29) is 11.7 Å². The van der Waals surface area contributed by atoms with Crippen molar-refractivity contribution >= 4 is 11.8 Å². The molecule has 134 valence electrons. The van der Waals surface area contributed by atoms with Crippen molar-refractivity contribution in [2.45, 2.75) is 39.5 Å². The van der Waals surface area contributed by atoms with Crippen LogP contribution in [-0.2, 0) is 25.5 Å². The van der Waals surface area contributed by atoms with E-state index < -0.39 is 5.97 Å². The van der Waals surface area contributed by atoms with Crippen LogP contribution < -0.4 is 0 Å². The Kier molecular flexibility index (Phi) is 6.99. The number of rotatable bonds is 8. The van der Waals surface area contributed by atoms with Crippen LogP contribution in [0.2, 0.25) is 0 Å². The van der Waals surface area contributed by atoms with Crippen molar-refractivity contribution in [2.24, 2.45) is 5.92 Å². The van der Waals surface area contributed by atoms with Gasteiger partial charge in [0.15, 0.2) is 5.78 Å². The van der Waals surface area contributed by atoms with Crippen molar-refractivity contribution in [3.8, 4) is 0 Å². The van der Waals surface area contributed by atoms with E-state index in [1.54, 1.807) is 6.92 Å². The molecule has 0 amide bonds. The maximum Gasteiger partial charge on any atom is 0.333 e. The van der Waals surface area contributed by atoms with Crippen LogP contribution in [0.1, 0.15) is 38.7 Å². The Morgan fingerprint density at radius 1 is 1.28 bits per heavy atom. The van der Waals surface area contributed by atoms with E-state index in [0.717, 1.165) is 17.7 Å². The fourth-order valence-corrected chi connectivity index (χ4v) is 3.01. The molecule has 0 aromatic heterocycles. The summed E-state index contributed by atoms with van der Waals surface area (Å²) in [7, 11) is 0. The van der Waals surface area contributed by atoms with Gasteiger partial charge in [0, 0.05) is 29.9 Å². The smallest absolute Gasteiger partial charge is 0.333 e. The van der Waals surface area contributed by atoms with Crippen molar-refractivity contribution in [3.63, 3.8) is 0 Å². The molecule has 4 heteroatoms. The van der Waals surface area contributed by atoms with Crippen LogP contribution in [0.5, 0.6) is 0 Å². The SMILES string of the molecule is C=C(CC1CCC(OCC)=C(C)C1=O)C(=O)OCCc1ccccc1. The van der Waals surface area contributed by atoms with Crippen LogP contribution in [0.3, 0.4) is 0 Å². The number of hydrogen-bond acceptors (Lipinski definition) is 4. The molecule has 0 N–H and O–H groups in total. The summed E-state index contributed by atoms with van der Waals surface area (Å²) in [5.41, 5.74) is 2.15. The molecule has 0 heterocycles. The molecule has 25 heavy (non-hydrogen) atoms. The molecule has 1 unspecified atom stereocenters. The normalized spacial score (nSPS) is 17.4. The minimum Gasteiger partial charge on any atom is -0.498 e. The first kappa shape index (κ1) is 19.0. The lowest BCUT2D eigenvalue weighted by atomic mass is 9.83. The first-order valence-corrected chi connectivity index (χ1v) is 8.78. The minimum atomic E-state index is -0.416. The fourth-order valence-electron chi connectivity index (χ4n) is 3.01. The Morgan fingerprint density at radius 3 is 2.68 bits per heavy atom. The summed E-state index contributed by atoms with van der Waals surface area (Å²) in [6, 6.07) is 9.85. The zero-order valence-corrected chi connectivity index (χ0v) is 15.0. The third kappa shape index (κ3) is 5.31. The number of allylic oxidation sites excluding steroid dienone is 2. The van der Waals surface area contributed by atoms with Crippen molar-refractivity contribution in [1.29, 1.82) is 0 Å². The lowest BCUT2D eigenvalue weighted by Crippen LogP contribution is -2.24. The van der Waals surface area contributed by atoms with Crippen molar-refractivity contribution < 1.29 is 19.1 Å². The van der Waals surface area contributed by atoms with Gasteiger partial charge < -0.3 is 9.47 Å². The van der Waals surface area contributed by atoms with Gasteiger partial charge in [-0.25, -0.2) is 4.79 Å². The molecule has 0 saturated heterocycles. The Morgan fingerprint density at radius 2 is 2.00 bits per heavy atom. The maximum atomic E-state index is 12.4. The zero-order valence-electron chi connectivity index (χ0n) is 15.0. The molecule has 0 bridgehead atoms. The summed E-state index contributed by atoms with van der Waals surface area (Å²) in [6.07, 6.45) is 2.43. The molecule has 1 aromatic rings. The highest BCUT2D eigenvalue weighted by atomic mass is 16.5. The van der Waals surface area contributed by atoms with Gasteiger partial charge in [-0.05, 0) is 32.3 Å². The van der Waals surface area contributed by atoms with Gasteiger partial charge in [0.25, 0.3) is 0 Å². The van der Waals surface area contributed by atoms with Crippen molar-refractivity contribution in [1.82, 2.24) is 0 Å². The lowest BCUT2D eigenvalue weighted by molar-refractivity contribution is -0.139. The second-order valence-corrected chi connectivity index (χ2v) is 6.26. The molecule has 0 fully saturated rings. The largest absolute Gasteiger partial charge is 0.498 e. The highest BCUT2D eigenvalue weighted by molar-refractivity contribution is 5.99. The van der Waals surface area contributed by atoms with Crippen LogP contribution in [0.4, 0.5) is 0 Å². The summed E-state index contributed by atoms with van der Waals surface area (Å²) >= 11 is 0. The molecule has 1 aliphatic rings. The van der Waals surface area contributed by atoms with E-state index in [0.29, 0.717) is 43.6 Å². The Hall–Kier alpha value is -2.36. The number of benzene rings is 1. The Bertz CT molecular complexity index is 658. The molecule has 0 aliphatic heterocycles. The van der Waals surface area contributed by atoms with Crippen LogP contribution in [-0.4, -0.2) is 25.0 Å². The van der Waals surface area contributed by atoms with Gasteiger partial charge in [0.2, 0.25) is 0 Å². The van der Waals surface area contributed by atoms with Gasteiger partial charge in [0.05, 0.1) is 13.2 Å². The Labute approximate surface area is 149 Å². The average molecular weight is 342 g/mol. The first-order chi connectivity index (χ1) is 12.0. The maximum absolute atomic E-state index is 12.4.